The van der Waals surface area contributed by atoms with E-state index in [0.29, 0.717) is 24.3 Å². The third kappa shape index (κ3) is 4.07. The lowest BCUT2D eigenvalue weighted by Gasteiger charge is -2.18. The third-order valence-corrected chi connectivity index (χ3v) is 6.56. The molecule has 0 spiro atoms. The number of ketones is 1. The van der Waals surface area contributed by atoms with Gasteiger partial charge in [0.15, 0.2) is 5.78 Å². The van der Waals surface area contributed by atoms with Crippen LogP contribution in [0.4, 0.5) is 5.69 Å². The van der Waals surface area contributed by atoms with E-state index in [0.717, 1.165) is 12.8 Å². The summed E-state index contributed by atoms with van der Waals surface area (Å²) in [7, 11) is -2.35. The van der Waals surface area contributed by atoms with Gasteiger partial charge in [0.1, 0.15) is 10.6 Å². The van der Waals surface area contributed by atoms with E-state index in [1.165, 1.54) is 36.5 Å². The van der Waals surface area contributed by atoms with Gasteiger partial charge < -0.3 is 10.1 Å². The van der Waals surface area contributed by atoms with Gasteiger partial charge in [-0.25, -0.2) is 8.42 Å². The van der Waals surface area contributed by atoms with Crippen LogP contribution in [0.25, 0.3) is 0 Å². The number of Topliss-reactive ketones (excluding diaryl/α,β-unsaturated/α-hetero) is 1. The van der Waals surface area contributed by atoms with Crippen molar-refractivity contribution in [1.29, 1.82) is 0 Å². The minimum atomic E-state index is -3.74. The Balaban J connectivity index is 1.91. The summed E-state index contributed by atoms with van der Waals surface area (Å²) in [6.45, 7) is 2.36. The first-order valence-corrected chi connectivity index (χ1v) is 10.4. The quantitative estimate of drug-likeness (QED) is 0.750. The summed E-state index contributed by atoms with van der Waals surface area (Å²) in [6, 6.07) is 10.9. The minimum absolute atomic E-state index is 0.0259. The lowest BCUT2D eigenvalue weighted by molar-refractivity contribution is 0.101. The van der Waals surface area contributed by atoms with Gasteiger partial charge in [-0.05, 0) is 50.1 Å². The Labute approximate surface area is 164 Å². The molecule has 1 fully saturated rings. The van der Waals surface area contributed by atoms with E-state index >= 15 is 0 Å². The average Bonchev–Trinajstić information content (AvgIpc) is 3.23. The van der Waals surface area contributed by atoms with Crippen LogP contribution in [0.15, 0.2) is 47.4 Å². The van der Waals surface area contributed by atoms with Gasteiger partial charge in [-0.2, -0.15) is 4.31 Å². The van der Waals surface area contributed by atoms with E-state index in [1.807, 2.05) is 0 Å². The molecular formula is C20H22N2O5S. The van der Waals surface area contributed by atoms with Crippen molar-refractivity contribution < 1.29 is 22.7 Å². The Hall–Kier alpha value is -2.71. The Kier molecular flexibility index (Phi) is 5.81. The maximum Gasteiger partial charge on any atom is 0.255 e. The SMILES string of the molecule is COc1ccc(C(=O)Nc2cccc(C(C)=O)c2)cc1S(=O)(=O)N1CCCC1. The molecule has 8 heteroatoms. The maximum atomic E-state index is 12.9. The molecule has 1 aliphatic rings. The summed E-state index contributed by atoms with van der Waals surface area (Å²) in [4.78, 5) is 24.1. The van der Waals surface area contributed by atoms with Crippen LogP contribution in [-0.4, -0.2) is 44.6 Å². The average molecular weight is 402 g/mol. The second-order valence-corrected chi connectivity index (χ2v) is 8.47. The molecule has 0 radical (unpaired) electrons. The minimum Gasteiger partial charge on any atom is -0.495 e. The number of carbonyl (C=O) groups excluding carboxylic acids is 2. The van der Waals surface area contributed by atoms with Crippen LogP contribution in [0.2, 0.25) is 0 Å². The van der Waals surface area contributed by atoms with Gasteiger partial charge in [0.05, 0.1) is 7.11 Å². The molecule has 0 aromatic heterocycles. The van der Waals surface area contributed by atoms with Crippen LogP contribution in [0.3, 0.4) is 0 Å². The number of amides is 1. The fourth-order valence-electron chi connectivity index (χ4n) is 3.11. The number of benzene rings is 2. The largest absolute Gasteiger partial charge is 0.495 e. The van der Waals surface area contributed by atoms with Crippen LogP contribution < -0.4 is 10.1 Å². The predicted molar refractivity (Wildman–Crippen MR) is 105 cm³/mol. The van der Waals surface area contributed by atoms with E-state index < -0.39 is 15.9 Å². The number of nitrogens with zero attached hydrogens (tertiary/aromatic N) is 1. The molecule has 0 bridgehead atoms. The maximum absolute atomic E-state index is 12.9. The first-order valence-electron chi connectivity index (χ1n) is 8.93. The molecular weight excluding hydrogens is 380 g/mol. The topological polar surface area (TPSA) is 92.8 Å². The highest BCUT2D eigenvalue weighted by molar-refractivity contribution is 7.89. The normalized spacial score (nSPS) is 14.6. The third-order valence-electron chi connectivity index (χ3n) is 4.64. The monoisotopic (exact) mass is 402 g/mol. The number of methoxy groups -OCH3 is 1. The number of anilines is 1. The van der Waals surface area contributed by atoms with Gasteiger partial charge in [0.2, 0.25) is 10.0 Å². The van der Waals surface area contributed by atoms with Gasteiger partial charge in [-0.3, -0.25) is 9.59 Å². The fraction of sp³-hybridized carbons (Fsp3) is 0.300. The van der Waals surface area contributed by atoms with Crippen LogP contribution in [0.1, 0.15) is 40.5 Å². The van der Waals surface area contributed by atoms with E-state index in [1.54, 1.807) is 24.3 Å². The molecule has 7 nitrogen and oxygen atoms in total. The summed E-state index contributed by atoms with van der Waals surface area (Å²) in [5.74, 6) is -0.386. The number of hydrogen-bond donors (Lipinski definition) is 1. The molecule has 1 heterocycles. The van der Waals surface area contributed by atoms with Gasteiger partial charge in [0, 0.05) is 29.9 Å². The van der Waals surface area contributed by atoms with Crippen LogP contribution in [0, 0.1) is 0 Å². The lowest BCUT2D eigenvalue weighted by atomic mass is 10.1. The molecule has 148 valence electrons. The van der Waals surface area contributed by atoms with Crippen molar-refractivity contribution in [2.24, 2.45) is 0 Å². The summed E-state index contributed by atoms with van der Waals surface area (Å²) in [6.07, 6.45) is 1.63. The zero-order valence-corrected chi connectivity index (χ0v) is 16.6. The lowest BCUT2D eigenvalue weighted by Crippen LogP contribution is -2.28. The molecule has 0 saturated carbocycles. The summed E-state index contributed by atoms with van der Waals surface area (Å²) >= 11 is 0. The van der Waals surface area contributed by atoms with Crippen LogP contribution in [0.5, 0.6) is 5.75 Å². The molecule has 3 rings (SSSR count). The smallest absolute Gasteiger partial charge is 0.255 e. The number of nitrogens with one attached hydrogen (secondary N) is 1. The van der Waals surface area contributed by atoms with Gasteiger partial charge in [0.25, 0.3) is 5.91 Å². The zero-order valence-electron chi connectivity index (χ0n) is 15.8. The number of sulfonamides is 1. The molecule has 0 atom stereocenters. The second kappa shape index (κ2) is 8.12. The van der Waals surface area contributed by atoms with Crippen molar-refractivity contribution in [2.75, 3.05) is 25.5 Å². The van der Waals surface area contributed by atoms with Gasteiger partial charge in [-0.1, -0.05) is 12.1 Å². The molecule has 1 aliphatic heterocycles. The highest BCUT2D eigenvalue weighted by Gasteiger charge is 2.30. The van der Waals surface area contributed by atoms with E-state index in [9.17, 15) is 18.0 Å². The van der Waals surface area contributed by atoms with Crippen molar-refractivity contribution in [2.45, 2.75) is 24.7 Å². The standard InChI is InChI=1S/C20H22N2O5S/c1-14(23)15-6-5-7-17(12-15)21-20(24)16-8-9-18(27-2)19(13-16)28(25,26)22-10-3-4-11-22/h5-9,12-13H,3-4,10-11H2,1-2H3,(H,21,24). The molecule has 28 heavy (non-hydrogen) atoms. The summed E-state index contributed by atoms with van der Waals surface area (Å²) in [5, 5.41) is 2.70. The summed E-state index contributed by atoms with van der Waals surface area (Å²) in [5.41, 5.74) is 1.12. The highest BCUT2D eigenvalue weighted by atomic mass is 32.2. The van der Waals surface area contributed by atoms with Crippen molar-refractivity contribution in [3.63, 3.8) is 0 Å². The van der Waals surface area contributed by atoms with Crippen LogP contribution in [-0.2, 0) is 10.0 Å². The fourth-order valence-corrected chi connectivity index (χ4v) is 4.80. The van der Waals surface area contributed by atoms with Crippen molar-refractivity contribution in [3.8, 4) is 5.75 Å². The molecule has 0 aliphatic carbocycles. The Bertz CT molecular complexity index is 1010. The molecule has 0 unspecified atom stereocenters. The second-order valence-electron chi connectivity index (χ2n) is 6.57. The first-order chi connectivity index (χ1) is 13.3. The first kappa shape index (κ1) is 20.0. The van der Waals surface area contributed by atoms with Gasteiger partial charge in [-0.15, -0.1) is 0 Å². The van der Waals surface area contributed by atoms with E-state index in [4.69, 9.17) is 4.74 Å². The molecule has 2 aromatic rings. The molecule has 2 aromatic carbocycles. The zero-order chi connectivity index (χ0) is 20.3. The predicted octanol–water partition coefficient (Wildman–Crippen LogP) is 2.93. The van der Waals surface area contributed by atoms with Crippen molar-refractivity contribution in [1.82, 2.24) is 4.31 Å². The Morgan fingerprint density at radius 2 is 1.75 bits per heavy atom. The van der Waals surface area contributed by atoms with E-state index in [-0.39, 0.29) is 22.0 Å². The van der Waals surface area contributed by atoms with Crippen molar-refractivity contribution in [3.05, 3.63) is 53.6 Å². The molecule has 1 saturated heterocycles. The summed E-state index contributed by atoms with van der Waals surface area (Å²) < 4.78 is 32.5. The van der Waals surface area contributed by atoms with Gasteiger partial charge >= 0.3 is 0 Å². The Morgan fingerprint density at radius 1 is 1.04 bits per heavy atom. The number of carbonyl (C=O) groups is 2. The number of hydrogen-bond acceptors (Lipinski definition) is 5. The van der Waals surface area contributed by atoms with E-state index in [2.05, 4.69) is 5.32 Å². The number of rotatable bonds is 6. The van der Waals surface area contributed by atoms with Crippen LogP contribution >= 0.6 is 0 Å². The number of ether oxygens (including phenoxy) is 1. The molecule has 1 N–H and O–H groups in total. The van der Waals surface area contributed by atoms with Crippen molar-refractivity contribution >= 4 is 27.4 Å². The Morgan fingerprint density at radius 3 is 2.39 bits per heavy atom. The molecule has 1 amide bonds. The highest BCUT2D eigenvalue weighted by Crippen LogP contribution is 2.30.